The molecule has 3 aromatic carbocycles. The van der Waals surface area contributed by atoms with Crippen LogP contribution >= 0.6 is 0 Å². The molecule has 6 heterocycles. The molecule has 15 amide bonds. The lowest BCUT2D eigenvalue weighted by molar-refractivity contribution is -0.149. The van der Waals surface area contributed by atoms with Crippen LogP contribution in [0.5, 0.6) is 5.75 Å². The summed E-state index contributed by atoms with van der Waals surface area (Å²) in [6.45, 7) is 5.12. The molecule has 4 fully saturated rings. The highest BCUT2D eigenvalue weighted by molar-refractivity contribution is 6.02. The van der Waals surface area contributed by atoms with Crippen molar-refractivity contribution in [1.29, 1.82) is 0 Å². The Balaban J connectivity index is 1.09. The molecule has 714 valence electrons. The van der Waals surface area contributed by atoms with Gasteiger partial charge in [-0.1, -0.05) is 102 Å². The van der Waals surface area contributed by atoms with Crippen LogP contribution in [-0.2, 0) is 107 Å². The average molecular weight is 1830 g/mol. The summed E-state index contributed by atoms with van der Waals surface area (Å²) < 4.78 is 1.45. The van der Waals surface area contributed by atoms with Gasteiger partial charge in [0.05, 0.1) is 18.6 Å². The van der Waals surface area contributed by atoms with E-state index in [4.69, 9.17) is 22.9 Å². The van der Waals surface area contributed by atoms with Gasteiger partial charge in [-0.3, -0.25) is 81.5 Å². The van der Waals surface area contributed by atoms with E-state index in [0.717, 1.165) is 14.7 Å². The van der Waals surface area contributed by atoms with Crippen molar-refractivity contribution in [2.24, 2.45) is 28.9 Å². The third kappa shape index (κ3) is 27.5. The van der Waals surface area contributed by atoms with Gasteiger partial charge in [-0.25, -0.2) is 0 Å². The highest BCUT2D eigenvalue weighted by Crippen LogP contribution is 2.30. The van der Waals surface area contributed by atoms with Crippen LogP contribution in [0.1, 0.15) is 166 Å². The molecule has 41 heteroatoms. The van der Waals surface area contributed by atoms with Crippen LogP contribution in [0.4, 0.5) is 0 Å². The quantitative estimate of drug-likeness (QED) is 0.0335. The number of amides is 15. The zero-order valence-corrected chi connectivity index (χ0v) is 75.0. The fourth-order valence-electron chi connectivity index (χ4n) is 17.5. The van der Waals surface area contributed by atoms with Crippen molar-refractivity contribution in [2.75, 3.05) is 53.4 Å². The number of aromatic amines is 1. The van der Waals surface area contributed by atoms with Gasteiger partial charge in [0, 0.05) is 113 Å². The molecule has 0 unspecified atom stereocenters. The van der Waals surface area contributed by atoms with Gasteiger partial charge in [0.1, 0.15) is 90.8 Å². The second kappa shape index (κ2) is 48.3. The van der Waals surface area contributed by atoms with Gasteiger partial charge >= 0.3 is 11.9 Å². The van der Waals surface area contributed by atoms with Gasteiger partial charge < -0.3 is 125 Å². The van der Waals surface area contributed by atoms with E-state index in [1.54, 1.807) is 54.7 Å². The van der Waals surface area contributed by atoms with Crippen molar-refractivity contribution in [3.63, 3.8) is 0 Å². The topological polar surface area (TPSA) is 620 Å². The van der Waals surface area contributed by atoms with Crippen LogP contribution < -0.4 is 70.8 Å². The van der Waals surface area contributed by atoms with Gasteiger partial charge in [0.15, 0.2) is 0 Å². The van der Waals surface area contributed by atoms with Gasteiger partial charge in [-0.05, 0) is 130 Å². The Labute approximate surface area is 758 Å². The lowest BCUT2D eigenvalue weighted by atomic mass is 9.97. The van der Waals surface area contributed by atoms with Crippen LogP contribution in [0, 0.1) is 5.92 Å². The van der Waals surface area contributed by atoms with Gasteiger partial charge in [0.2, 0.25) is 88.6 Å². The first-order valence-corrected chi connectivity index (χ1v) is 45.1. The first-order valence-electron chi connectivity index (χ1n) is 45.1. The molecule has 5 aromatic rings. The fraction of sp³-hybridized carbons (Fsp3) is 0.567. The van der Waals surface area contributed by atoms with E-state index in [9.17, 15) is 63.6 Å². The summed E-state index contributed by atoms with van der Waals surface area (Å²) in [5.41, 5.74) is 27.0. The summed E-state index contributed by atoms with van der Waals surface area (Å²) in [6.07, 6.45) is 0.767. The number of nitrogens with zero attached hydrogens (tertiary/aromatic N) is 6. The molecular weight excluding hydrogens is 1700 g/mol. The number of hydrogen-bond acceptors (Lipinski definition) is 22. The van der Waals surface area contributed by atoms with Crippen LogP contribution in [-0.4, -0.2) is 299 Å². The minimum atomic E-state index is -1.83. The zero-order valence-electron chi connectivity index (χ0n) is 75.0. The summed E-state index contributed by atoms with van der Waals surface area (Å²) in [4.78, 5) is 257. The Morgan fingerprint density at radius 2 is 1.05 bits per heavy atom. The molecule has 4 saturated heterocycles. The molecule has 0 bridgehead atoms. The minimum Gasteiger partial charge on any atom is -0.508 e. The number of likely N-dealkylation sites (N-methyl/N-ethyl adjacent to an activating group) is 2. The molecule has 0 radical (unpaired) electrons. The first kappa shape index (κ1) is 102. The first-order chi connectivity index (χ1) is 62.4. The highest BCUT2D eigenvalue weighted by atomic mass is 16.4. The van der Waals surface area contributed by atoms with E-state index < -0.39 is 237 Å². The molecule has 4 aliphatic heterocycles. The summed E-state index contributed by atoms with van der Waals surface area (Å²) in [5.74, 6) is -16.6. The number of phenols is 1. The Hall–Kier alpha value is -12.6. The summed E-state index contributed by atoms with van der Waals surface area (Å²) >= 11 is 0. The summed E-state index contributed by atoms with van der Waals surface area (Å²) in [7, 11) is 2.77. The predicted molar refractivity (Wildman–Crippen MR) is 478 cm³/mol. The smallest absolute Gasteiger partial charge is 0.323 e. The van der Waals surface area contributed by atoms with E-state index in [0.29, 0.717) is 77.0 Å². The number of aromatic nitrogens is 2. The number of H-pyrrole nitrogens is 1. The number of rotatable bonds is 24. The molecule has 2 aromatic heterocycles. The summed E-state index contributed by atoms with van der Waals surface area (Å²) in [6, 6.07) is -1.68. The Morgan fingerprint density at radius 1 is 0.504 bits per heavy atom. The number of aliphatic hydroxyl groups excluding tert-OH is 1. The van der Waals surface area contributed by atoms with Crippen molar-refractivity contribution in [3.05, 3.63) is 102 Å². The number of phenolic OH excluding ortho intramolecular Hbond substituents is 1. The molecular formula is C90H128N20O21. The molecule has 15 atom stereocenters. The molecule has 0 saturated carbocycles. The second-order valence-corrected chi connectivity index (χ2v) is 34.7. The molecule has 9 rings (SSSR count). The van der Waals surface area contributed by atoms with Crippen molar-refractivity contribution >= 4 is 122 Å². The number of piperidine rings is 1. The third-order valence-corrected chi connectivity index (χ3v) is 24.5. The standard InChI is InChI=1S/C90H128N20O21/c1-7-9-23-69-82(123)99-62(39-50(3)4)78(119)95-36-17-21-58(93)77(118)101-64(40-51-28-30-54(111)31-29-51)88(129)108-37-16-15-26-70(108)83(124)103-66(44-74(94)113)89(130)109-38-18-27-71(109)84(125)104-67(45-92)81(122)98-61(32-33-75(114)115)87(128)110-48-55(112)43-73(110)85(126)100-63(41-52-46-96-59-22-13-11-19-56(52)59)80(121)97-60(34-35-91)79(120)102-65(86(127)106(6)72(24-10-8-2)90(131)105(69)5)42-53-47-107(49-76(116)117)68-25-14-12-20-57(53)68/h11-14,19-20,22,25,28-31,46-47,50,55,58,60-67,69-73,96,111-112H,7-10,15-18,21,23-24,26-27,32-45,48-49,91-93H2,1-6H3,(H2,94,113)(H,95,119)(H,97,121)(H,98,122)(H,99,123)(H,100,126)(H,101,118)(H,102,120)(H,103,124)(H,104,125)(H,114,115)(H,116,117)/t55-,58-,60+,61+,62+,63+,64+,65+,66+,67+,69+,70+,71+,72+,73+/m1/s1. The van der Waals surface area contributed by atoms with Crippen molar-refractivity contribution < 1.29 is 102 Å². The normalized spacial score (nSPS) is 25.8. The minimum absolute atomic E-state index is 0.0232. The maximum atomic E-state index is 15.9. The predicted octanol–water partition coefficient (Wildman–Crippen LogP) is -1.48. The largest absolute Gasteiger partial charge is 0.508 e. The van der Waals surface area contributed by atoms with Crippen LogP contribution in [0.15, 0.2) is 85.2 Å². The number of nitrogens with two attached hydrogens (primary N) is 4. The van der Waals surface area contributed by atoms with Crippen molar-refractivity contribution in [2.45, 2.75) is 266 Å². The number of unbranched alkanes of at least 4 members (excludes halogenated alkanes) is 2. The van der Waals surface area contributed by atoms with E-state index in [2.05, 4.69) is 52.8 Å². The maximum absolute atomic E-state index is 15.9. The van der Waals surface area contributed by atoms with Gasteiger partial charge in [-0.2, -0.15) is 0 Å². The lowest BCUT2D eigenvalue weighted by Gasteiger charge is -2.38. The number of carbonyl (C=O) groups excluding carboxylic acids is 15. The number of aliphatic hydroxyl groups is 1. The van der Waals surface area contributed by atoms with Gasteiger partial charge in [0.25, 0.3) is 0 Å². The average Bonchev–Trinajstić information content (AvgIpc) is 1.66. The van der Waals surface area contributed by atoms with E-state index in [1.807, 2.05) is 27.7 Å². The number of carboxylic acids is 2. The van der Waals surface area contributed by atoms with Crippen LogP contribution in [0.25, 0.3) is 21.8 Å². The zero-order chi connectivity index (χ0) is 95.6. The van der Waals surface area contributed by atoms with E-state index >= 15 is 38.4 Å². The number of para-hydroxylation sites is 2. The van der Waals surface area contributed by atoms with Crippen LogP contribution in [0.3, 0.4) is 0 Å². The number of primary amides is 1. The second-order valence-electron chi connectivity index (χ2n) is 34.7. The fourth-order valence-corrected chi connectivity index (χ4v) is 17.5. The number of nitrogens with one attached hydrogen (secondary N) is 10. The Morgan fingerprint density at radius 3 is 1.69 bits per heavy atom. The number of aliphatic carboxylic acids is 2. The molecule has 131 heavy (non-hydrogen) atoms. The Kier molecular flexibility index (Phi) is 37.7. The number of benzene rings is 3. The number of hydrogen-bond donors (Lipinski definition) is 18. The van der Waals surface area contributed by atoms with Crippen LogP contribution in [0.2, 0.25) is 0 Å². The number of carbonyl (C=O) groups is 17. The highest BCUT2D eigenvalue weighted by Gasteiger charge is 2.47. The van der Waals surface area contributed by atoms with Crippen molar-refractivity contribution in [3.8, 4) is 5.75 Å². The van der Waals surface area contributed by atoms with Gasteiger partial charge in [-0.15, -0.1) is 0 Å². The van der Waals surface area contributed by atoms with E-state index in [1.165, 1.54) is 58.9 Å². The van der Waals surface area contributed by atoms with E-state index in [-0.39, 0.29) is 115 Å². The molecule has 22 N–H and O–H groups in total. The van der Waals surface area contributed by atoms with Crippen molar-refractivity contribution in [1.82, 2.24) is 81.9 Å². The lowest BCUT2D eigenvalue weighted by Crippen LogP contribution is -2.62. The number of aromatic hydroxyl groups is 1. The Bertz CT molecular complexity index is 4920. The third-order valence-electron chi connectivity index (χ3n) is 24.5. The monoisotopic (exact) mass is 1820 g/mol. The molecule has 0 aliphatic carbocycles. The SMILES string of the molecule is CCCC[C@H]1C(=O)N(C)[C@@H](CCCC)C(=O)N[C@@H](CC(C)C)C(=O)NCCC[C@@H](N)C(=O)N[C@@H](Cc2ccc(O)cc2)C(=O)N2CCCC[C@H]2C(=O)N[C@@H](CC(N)=O)C(=O)N2CCC[C@H]2C(=O)N[C@@H](CN)C(=O)N[C@@H](CCC(=O)O)C(=O)N2C[C@H](O)C[C@H]2C(=O)N[C@@H](Cc2c[nH]c3ccccc23)C(=O)N[C@@H](CCN)C(=O)N[C@@H](Cc2cn(CC(=O)O)c3ccccc23)C(=O)N1C. The molecule has 41 nitrogen and oxygen atoms in total. The molecule has 4 aliphatic rings. The molecule has 0 spiro atoms. The number of fused-ring (bicyclic) bond motifs is 5. The number of carboxylic acid groups (broad SMARTS) is 2. The summed E-state index contributed by atoms with van der Waals surface area (Å²) in [5, 5.41) is 67.1. The maximum Gasteiger partial charge on any atom is 0.323 e.